The van der Waals surface area contributed by atoms with Gasteiger partial charge in [-0.15, -0.1) is 0 Å². The van der Waals surface area contributed by atoms with Crippen molar-refractivity contribution in [1.29, 1.82) is 0 Å². The van der Waals surface area contributed by atoms with E-state index < -0.39 is 7.75 Å². The van der Waals surface area contributed by atoms with Crippen molar-refractivity contribution in [3.8, 4) is 0 Å². The van der Waals surface area contributed by atoms with Gasteiger partial charge in [0.2, 0.25) is 5.91 Å². The first kappa shape index (κ1) is 14.9. The van der Waals surface area contributed by atoms with Crippen LogP contribution in [0, 0.1) is 0 Å². The van der Waals surface area contributed by atoms with Crippen molar-refractivity contribution in [1.82, 2.24) is 5.09 Å². The molecule has 0 heterocycles. The van der Waals surface area contributed by atoms with Crippen LogP contribution in [0.4, 0.5) is 5.69 Å². The maximum atomic E-state index is 11.5. The Balaban J connectivity index is 2.13. The van der Waals surface area contributed by atoms with E-state index in [1.165, 1.54) is 0 Å². The highest BCUT2D eigenvalue weighted by atomic mass is 31.2. The van der Waals surface area contributed by atoms with Crippen LogP contribution in [0.3, 0.4) is 0 Å². The standard InChI is InChI=1S/C11H17N2O4P/c14-11(13-10-6-2-1-3-7-10)8-4-5-9-12-18(15,16)17/h1-3,6-7H,4-5,8-9H2,(H,13,14)(H3,12,15,16,17). The van der Waals surface area contributed by atoms with Gasteiger partial charge in [-0.3, -0.25) is 4.79 Å². The number of hydrogen-bond acceptors (Lipinski definition) is 2. The predicted octanol–water partition coefficient (Wildman–Crippen LogP) is 1.48. The molecule has 1 aromatic carbocycles. The Morgan fingerprint density at radius 1 is 1.17 bits per heavy atom. The van der Waals surface area contributed by atoms with Gasteiger partial charge < -0.3 is 15.1 Å². The van der Waals surface area contributed by atoms with E-state index in [0.29, 0.717) is 19.3 Å². The molecule has 0 aliphatic heterocycles. The summed E-state index contributed by atoms with van der Waals surface area (Å²) in [5.74, 6) is -0.0996. The van der Waals surface area contributed by atoms with Crippen LogP contribution in [0.15, 0.2) is 30.3 Å². The molecule has 4 N–H and O–H groups in total. The van der Waals surface area contributed by atoms with E-state index in [0.717, 1.165) is 5.69 Å². The average Bonchev–Trinajstić information content (AvgIpc) is 2.28. The lowest BCUT2D eigenvalue weighted by Crippen LogP contribution is -2.14. The minimum absolute atomic E-state index is 0.0996. The van der Waals surface area contributed by atoms with Gasteiger partial charge in [0.15, 0.2) is 0 Å². The number of unbranched alkanes of at least 4 members (excludes halogenated alkanes) is 1. The Labute approximate surface area is 106 Å². The second-order valence-corrected chi connectivity index (χ2v) is 5.23. The monoisotopic (exact) mass is 272 g/mol. The predicted molar refractivity (Wildman–Crippen MR) is 69.0 cm³/mol. The van der Waals surface area contributed by atoms with E-state index in [1.807, 2.05) is 18.2 Å². The van der Waals surface area contributed by atoms with E-state index in [1.54, 1.807) is 12.1 Å². The first-order valence-corrected chi connectivity index (χ1v) is 7.24. The van der Waals surface area contributed by atoms with Crippen molar-refractivity contribution in [3.05, 3.63) is 30.3 Å². The summed E-state index contributed by atoms with van der Waals surface area (Å²) in [6, 6.07) is 9.13. The van der Waals surface area contributed by atoms with Crippen molar-refractivity contribution >= 4 is 19.3 Å². The zero-order chi connectivity index (χ0) is 13.4. The maximum absolute atomic E-state index is 11.5. The molecule has 1 amide bonds. The van der Waals surface area contributed by atoms with Crippen LogP contribution >= 0.6 is 7.75 Å². The van der Waals surface area contributed by atoms with Crippen LogP contribution in [0.5, 0.6) is 0 Å². The number of hydrogen-bond donors (Lipinski definition) is 4. The Morgan fingerprint density at radius 3 is 2.44 bits per heavy atom. The zero-order valence-electron chi connectivity index (χ0n) is 9.87. The molecule has 0 aromatic heterocycles. The molecule has 0 aliphatic carbocycles. The molecule has 6 nitrogen and oxygen atoms in total. The highest BCUT2D eigenvalue weighted by Crippen LogP contribution is 2.27. The van der Waals surface area contributed by atoms with Gasteiger partial charge in [0.1, 0.15) is 0 Å². The summed E-state index contributed by atoms with van der Waals surface area (Å²) in [6.07, 6.45) is 1.44. The minimum Gasteiger partial charge on any atom is -0.326 e. The van der Waals surface area contributed by atoms with E-state index in [2.05, 4.69) is 10.4 Å². The molecule has 0 atom stereocenters. The van der Waals surface area contributed by atoms with E-state index in [9.17, 15) is 9.36 Å². The lowest BCUT2D eigenvalue weighted by atomic mass is 10.2. The van der Waals surface area contributed by atoms with Crippen molar-refractivity contribution in [2.75, 3.05) is 11.9 Å². The van der Waals surface area contributed by atoms with Gasteiger partial charge in [0.25, 0.3) is 0 Å². The zero-order valence-corrected chi connectivity index (χ0v) is 10.8. The molecule has 0 fully saturated rings. The fourth-order valence-corrected chi connectivity index (χ4v) is 1.83. The van der Waals surface area contributed by atoms with Gasteiger partial charge in [0, 0.05) is 18.7 Å². The lowest BCUT2D eigenvalue weighted by molar-refractivity contribution is -0.116. The molecule has 1 rings (SSSR count). The number of nitrogens with one attached hydrogen (secondary N) is 2. The van der Waals surface area contributed by atoms with Crippen LogP contribution in [0.25, 0.3) is 0 Å². The smallest absolute Gasteiger partial charge is 0.326 e. The number of rotatable bonds is 7. The highest BCUT2D eigenvalue weighted by molar-refractivity contribution is 7.49. The van der Waals surface area contributed by atoms with E-state index >= 15 is 0 Å². The molecule has 0 unspecified atom stereocenters. The summed E-state index contributed by atoms with van der Waals surface area (Å²) in [5.41, 5.74) is 0.746. The summed E-state index contributed by atoms with van der Waals surface area (Å²) in [6.45, 7) is 0.197. The van der Waals surface area contributed by atoms with Gasteiger partial charge in [-0.05, 0) is 25.0 Å². The fourth-order valence-electron chi connectivity index (χ4n) is 1.38. The minimum atomic E-state index is -4.13. The number of benzene rings is 1. The fraction of sp³-hybridized carbons (Fsp3) is 0.364. The van der Waals surface area contributed by atoms with E-state index in [-0.39, 0.29) is 12.5 Å². The average molecular weight is 272 g/mol. The van der Waals surface area contributed by atoms with Crippen LogP contribution in [0.2, 0.25) is 0 Å². The van der Waals surface area contributed by atoms with Crippen LogP contribution in [0.1, 0.15) is 19.3 Å². The third-order valence-electron chi connectivity index (χ3n) is 2.21. The molecule has 0 spiro atoms. The molecule has 0 saturated heterocycles. The quantitative estimate of drug-likeness (QED) is 0.445. The third-order valence-corrected chi connectivity index (χ3v) is 2.84. The second-order valence-electron chi connectivity index (χ2n) is 3.82. The molecule has 7 heteroatoms. The summed E-state index contributed by atoms with van der Waals surface area (Å²) in [5, 5.41) is 4.82. The topological polar surface area (TPSA) is 98.7 Å². The van der Waals surface area contributed by atoms with Crippen molar-refractivity contribution < 1.29 is 19.1 Å². The van der Waals surface area contributed by atoms with Crippen molar-refractivity contribution in [3.63, 3.8) is 0 Å². The second kappa shape index (κ2) is 7.28. The number of carbonyl (C=O) groups is 1. The number of amides is 1. The number of carbonyl (C=O) groups excluding carboxylic acids is 1. The molecule has 1 aromatic rings. The maximum Gasteiger partial charge on any atom is 0.400 e. The van der Waals surface area contributed by atoms with Crippen molar-refractivity contribution in [2.24, 2.45) is 0 Å². The molecule has 100 valence electrons. The first-order valence-electron chi connectivity index (χ1n) is 5.63. The SMILES string of the molecule is O=C(CCCCNP(=O)(O)O)Nc1ccccc1. The van der Waals surface area contributed by atoms with Crippen LogP contribution < -0.4 is 10.4 Å². The van der Waals surface area contributed by atoms with Gasteiger partial charge >= 0.3 is 7.75 Å². The summed E-state index contributed by atoms with van der Waals surface area (Å²) < 4.78 is 10.5. The summed E-state index contributed by atoms with van der Waals surface area (Å²) in [4.78, 5) is 28.6. The first-order chi connectivity index (χ1) is 8.47. The third kappa shape index (κ3) is 7.19. The van der Waals surface area contributed by atoms with Gasteiger partial charge in [0.05, 0.1) is 0 Å². The Hall–Kier alpha value is -1.20. The summed E-state index contributed by atoms with van der Waals surface area (Å²) in [7, 11) is -4.13. The highest BCUT2D eigenvalue weighted by Gasteiger charge is 2.10. The molecule has 0 saturated carbocycles. The van der Waals surface area contributed by atoms with Gasteiger partial charge in [-0.2, -0.15) is 0 Å². The normalized spacial score (nSPS) is 11.2. The van der Waals surface area contributed by atoms with Gasteiger partial charge in [-0.1, -0.05) is 18.2 Å². The summed E-state index contributed by atoms with van der Waals surface area (Å²) >= 11 is 0. The van der Waals surface area contributed by atoms with Crippen LogP contribution in [-0.4, -0.2) is 22.2 Å². The Kier molecular flexibility index (Phi) is 6.01. The van der Waals surface area contributed by atoms with Crippen LogP contribution in [-0.2, 0) is 9.36 Å². The molecular weight excluding hydrogens is 255 g/mol. The number of para-hydroxylation sites is 1. The van der Waals surface area contributed by atoms with E-state index in [4.69, 9.17) is 9.79 Å². The molecule has 0 radical (unpaired) electrons. The largest absolute Gasteiger partial charge is 0.400 e. The Bertz CT molecular complexity index is 418. The lowest BCUT2D eigenvalue weighted by Gasteiger charge is -2.06. The van der Waals surface area contributed by atoms with Crippen molar-refractivity contribution in [2.45, 2.75) is 19.3 Å². The molecule has 18 heavy (non-hydrogen) atoms. The molecule has 0 bridgehead atoms. The van der Waals surface area contributed by atoms with Gasteiger partial charge in [-0.25, -0.2) is 9.65 Å². The molecule has 0 aliphatic rings. The molecular formula is C11H17N2O4P. The number of anilines is 1. The Morgan fingerprint density at radius 2 is 1.83 bits per heavy atom.